The third kappa shape index (κ3) is 7.13. The summed E-state index contributed by atoms with van der Waals surface area (Å²) in [5, 5.41) is 5.02. The minimum atomic E-state index is -3.75. The molecule has 2 rings (SSSR count). The molecule has 0 aliphatic carbocycles. The van der Waals surface area contributed by atoms with Gasteiger partial charge in [0.2, 0.25) is 10.0 Å². The van der Waals surface area contributed by atoms with E-state index < -0.39 is 16.0 Å². The zero-order valence-corrected chi connectivity index (χ0v) is 17.0. The second-order valence-corrected chi connectivity index (χ2v) is 7.35. The average Bonchev–Trinajstić information content (AvgIpc) is 2.70. The van der Waals surface area contributed by atoms with E-state index in [4.69, 9.17) is 24.1 Å². The highest BCUT2D eigenvalue weighted by Gasteiger charge is 2.10. The fraction of sp³-hybridized carbons (Fsp3) is 0.250. The molecule has 8 nitrogen and oxygen atoms in total. The van der Waals surface area contributed by atoms with Gasteiger partial charge in [-0.3, -0.25) is 0 Å². The predicted molar refractivity (Wildman–Crippen MR) is 107 cm³/mol. The standard InChI is InChI=1S/C20H23NO7S/c1-3-4-15-5-10-18(19(13-15)25-2)28-14-20(22)27-12-11-26-16-6-8-17(9-7-16)29(21,23)24/h3-10,13H,11-12,14H2,1-2H3,(H2,21,23,24)/b4-3+. The van der Waals surface area contributed by atoms with Crippen molar-refractivity contribution < 1.29 is 32.2 Å². The maximum Gasteiger partial charge on any atom is 0.344 e. The summed E-state index contributed by atoms with van der Waals surface area (Å²) in [6.45, 7) is 1.75. The number of hydrogen-bond acceptors (Lipinski definition) is 7. The van der Waals surface area contributed by atoms with Gasteiger partial charge in [0.05, 0.1) is 12.0 Å². The normalized spacial score (nSPS) is 11.3. The lowest BCUT2D eigenvalue weighted by molar-refractivity contribution is -0.146. The smallest absolute Gasteiger partial charge is 0.344 e. The number of rotatable bonds is 10. The molecule has 0 aliphatic heterocycles. The van der Waals surface area contributed by atoms with Crippen LogP contribution in [0.4, 0.5) is 0 Å². The summed E-state index contributed by atoms with van der Waals surface area (Å²) < 4.78 is 43.5. The van der Waals surface area contributed by atoms with Crippen molar-refractivity contribution in [3.63, 3.8) is 0 Å². The van der Waals surface area contributed by atoms with Crippen molar-refractivity contribution >= 4 is 22.1 Å². The van der Waals surface area contributed by atoms with Crippen LogP contribution in [0, 0.1) is 0 Å². The molecule has 29 heavy (non-hydrogen) atoms. The molecule has 0 aromatic heterocycles. The molecule has 0 atom stereocenters. The van der Waals surface area contributed by atoms with Crippen molar-refractivity contribution in [3.05, 3.63) is 54.1 Å². The SMILES string of the molecule is C/C=C/c1ccc(OCC(=O)OCCOc2ccc(S(N)(=O)=O)cc2)c(OC)c1. The number of ether oxygens (including phenoxy) is 4. The number of hydrogen-bond donors (Lipinski definition) is 1. The van der Waals surface area contributed by atoms with Crippen molar-refractivity contribution in [3.8, 4) is 17.2 Å². The number of sulfonamides is 1. The summed E-state index contributed by atoms with van der Waals surface area (Å²) in [4.78, 5) is 11.8. The quantitative estimate of drug-likeness (QED) is 0.463. The third-order valence-electron chi connectivity index (χ3n) is 3.66. The van der Waals surface area contributed by atoms with Gasteiger partial charge >= 0.3 is 5.97 Å². The van der Waals surface area contributed by atoms with Gasteiger partial charge in [0.25, 0.3) is 0 Å². The Morgan fingerprint density at radius 3 is 2.38 bits per heavy atom. The molecule has 0 aliphatic rings. The highest BCUT2D eigenvalue weighted by atomic mass is 32.2. The van der Waals surface area contributed by atoms with Crippen LogP contribution >= 0.6 is 0 Å². The molecule has 0 radical (unpaired) electrons. The molecule has 2 aromatic rings. The number of esters is 1. The van der Waals surface area contributed by atoms with E-state index in [1.165, 1.54) is 31.4 Å². The van der Waals surface area contributed by atoms with Crippen LogP contribution in [0.3, 0.4) is 0 Å². The monoisotopic (exact) mass is 421 g/mol. The van der Waals surface area contributed by atoms with E-state index in [9.17, 15) is 13.2 Å². The van der Waals surface area contributed by atoms with Gasteiger partial charge in [-0.05, 0) is 48.9 Å². The Hall–Kier alpha value is -3.04. The van der Waals surface area contributed by atoms with Crippen LogP contribution < -0.4 is 19.3 Å². The molecule has 156 valence electrons. The summed E-state index contributed by atoms with van der Waals surface area (Å²) in [6, 6.07) is 11.0. The van der Waals surface area contributed by atoms with E-state index in [-0.39, 0.29) is 24.7 Å². The number of primary sulfonamides is 1. The Labute approximate surface area is 169 Å². The van der Waals surface area contributed by atoms with E-state index in [0.29, 0.717) is 17.2 Å². The van der Waals surface area contributed by atoms with Gasteiger partial charge < -0.3 is 18.9 Å². The molecule has 0 saturated carbocycles. The van der Waals surface area contributed by atoms with E-state index in [0.717, 1.165) is 5.56 Å². The summed E-state index contributed by atoms with van der Waals surface area (Å²) in [5.74, 6) is 0.817. The lowest BCUT2D eigenvalue weighted by Crippen LogP contribution is -2.18. The Morgan fingerprint density at radius 2 is 1.76 bits per heavy atom. The van der Waals surface area contributed by atoms with Gasteiger partial charge in [-0.1, -0.05) is 18.2 Å². The summed E-state index contributed by atoms with van der Waals surface area (Å²) in [6.07, 6.45) is 3.83. The van der Waals surface area contributed by atoms with Gasteiger partial charge in [-0.2, -0.15) is 0 Å². The van der Waals surface area contributed by atoms with Crippen molar-refractivity contribution in [2.45, 2.75) is 11.8 Å². The first kappa shape index (κ1) is 22.3. The van der Waals surface area contributed by atoms with Crippen LogP contribution in [0.2, 0.25) is 0 Å². The molecule has 0 bridgehead atoms. The summed E-state index contributed by atoms with van der Waals surface area (Å²) in [5.41, 5.74) is 0.952. The summed E-state index contributed by atoms with van der Waals surface area (Å²) >= 11 is 0. The van der Waals surface area contributed by atoms with Gasteiger partial charge in [0, 0.05) is 0 Å². The molecule has 0 spiro atoms. The largest absolute Gasteiger partial charge is 0.493 e. The minimum Gasteiger partial charge on any atom is -0.493 e. The zero-order valence-electron chi connectivity index (χ0n) is 16.2. The van der Waals surface area contributed by atoms with E-state index in [2.05, 4.69) is 0 Å². The Balaban J connectivity index is 1.75. The van der Waals surface area contributed by atoms with Crippen LogP contribution in [0.25, 0.3) is 6.08 Å². The maximum atomic E-state index is 11.8. The number of methoxy groups -OCH3 is 1. The molecular weight excluding hydrogens is 398 g/mol. The van der Waals surface area contributed by atoms with E-state index >= 15 is 0 Å². The van der Waals surface area contributed by atoms with E-state index in [1.54, 1.807) is 12.1 Å². The van der Waals surface area contributed by atoms with Crippen LogP contribution in [0.5, 0.6) is 17.2 Å². The van der Waals surface area contributed by atoms with Gasteiger partial charge in [-0.15, -0.1) is 0 Å². The Morgan fingerprint density at radius 1 is 1.03 bits per heavy atom. The lowest BCUT2D eigenvalue weighted by atomic mass is 10.2. The molecule has 2 aromatic carbocycles. The average molecular weight is 421 g/mol. The number of nitrogens with two attached hydrogens (primary N) is 1. The van der Waals surface area contributed by atoms with Crippen molar-refractivity contribution in [1.29, 1.82) is 0 Å². The van der Waals surface area contributed by atoms with Crippen molar-refractivity contribution in [1.82, 2.24) is 0 Å². The van der Waals surface area contributed by atoms with Gasteiger partial charge in [-0.25, -0.2) is 18.4 Å². The molecule has 0 saturated heterocycles. The summed E-state index contributed by atoms with van der Waals surface area (Å²) in [7, 11) is -2.23. The first-order chi connectivity index (χ1) is 13.8. The zero-order chi connectivity index (χ0) is 21.3. The van der Waals surface area contributed by atoms with Crippen LogP contribution in [0.1, 0.15) is 12.5 Å². The Bertz CT molecular complexity index is 953. The van der Waals surface area contributed by atoms with Gasteiger partial charge in [0.1, 0.15) is 19.0 Å². The topological polar surface area (TPSA) is 114 Å². The highest BCUT2D eigenvalue weighted by molar-refractivity contribution is 7.89. The van der Waals surface area contributed by atoms with Crippen molar-refractivity contribution in [2.75, 3.05) is 26.9 Å². The maximum absolute atomic E-state index is 11.8. The molecule has 0 heterocycles. The fourth-order valence-electron chi connectivity index (χ4n) is 2.32. The minimum absolute atomic E-state index is 0.0104. The number of allylic oxidation sites excluding steroid dienone is 1. The highest BCUT2D eigenvalue weighted by Crippen LogP contribution is 2.28. The molecule has 0 amide bonds. The second-order valence-electron chi connectivity index (χ2n) is 5.78. The molecule has 9 heteroatoms. The van der Waals surface area contributed by atoms with Crippen LogP contribution in [-0.4, -0.2) is 41.3 Å². The first-order valence-corrected chi connectivity index (χ1v) is 10.2. The Kier molecular flexibility index (Phi) is 8.05. The van der Waals surface area contributed by atoms with E-state index in [1.807, 2.05) is 25.1 Å². The third-order valence-corrected chi connectivity index (χ3v) is 4.59. The van der Waals surface area contributed by atoms with Crippen molar-refractivity contribution in [2.24, 2.45) is 5.14 Å². The number of carbonyl (C=O) groups is 1. The lowest BCUT2D eigenvalue weighted by Gasteiger charge is -2.11. The number of benzene rings is 2. The molecular formula is C20H23NO7S. The molecule has 0 unspecified atom stereocenters. The van der Waals surface area contributed by atoms with Crippen LogP contribution in [0.15, 0.2) is 53.4 Å². The van der Waals surface area contributed by atoms with Gasteiger partial charge in [0.15, 0.2) is 18.1 Å². The fourth-order valence-corrected chi connectivity index (χ4v) is 2.83. The number of carbonyl (C=O) groups excluding carboxylic acids is 1. The molecule has 2 N–H and O–H groups in total. The first-order valence-electron chi connectivity index (χ1n) is 8.68. The predicted octanol–water partition coefficient (Wildman–Crippen LogP) is 2.38. The molecule has 0 fully saturated rings. The van der Waals surface area contributed by atoms with Crippen LogP contribution in [-0.2, 0) is 19.6 Å². The second kappa shape index (κ2) is 10.5.